The Labute approximate surface area is 360 Å². The maximum Gasteiger partial charge on any atom is 0.407 e. The predicted octanol–water partition coefficient (Wildman–Crippen LogP) is 8.69. The maximum atomic E-state index is 13.7. The molecule has 4 heterocycles. The molecule has 4 atom stereocenters. The Kier molecular flexibility index (Phi) is 13.1. The van der Waals surface area contributed by atoms with Crippen molar-refractivity contribution >= 4 is 24.3 Å². The van der Waals surface area contributed by atoms with Gasteiger partial charge in [-0.3, -0.25) is 9.59 Å². The van der Waals surface area contributed by atoms with E-state index in [9.17, 15) is 14.4 Å². The molecular weight excluding hydrogens is 785 g/mol. The zero-order chi connectivity index (χ0) is 42.8. The van der Waals surface area contributed by atoms with E-state index < -0.39 is 18.2 Å². The first-order valence-corrected chi connectivity index (χ1v) is 20.9. The second-order valence-corrected chi connectivity index (χ2v) is 15.5. The number of nitrogens with one attached hydrogen (secondary N) is 3. The highest BCUT2D eigenvalue weighted by molar-refractivity contribution is 5.79. The summed E-state index contributed by atoms with van der Waals surface area (Å²) < 4.78 is 4.84. The lowest BCUT2D eigenvalue weighted by molar-refractivity contribution is -0.188. The molecule has 2 aliphatic heterocycles. The molecule has 0 saturated carbocycles. The van der Waals surface area contributed by atoms with Gasteiger partial charge in [-0.05, 0) is 59.1 Å². The van der Waals surface area contributed by atoms with E-state index in [2.05, 4.69) is 73.7 Å². The number of carbonyl (C=O) groups is 3. The minimum atomic E-state index is -0.582. The molecule has 0 radical (unpaired) electrons. The van der Waals surface area contributed by atoms with E-state index in [0.717, 1.165) is 82.1 Å². The molecule has 14 heteroatoms. The zero-order valence-electron chi connectivity index (χ0n) is 34.8. The van der Waals surface area contributed by atoms with E-state index in [1.54, 1.807) is 0 Å². The lowest BCUT2D eigenvalue weighted by Gasteiger charge is -2.26. The van der Waals surface area contributed by atoms with Crippen molar-refractivity contribution in [2.75, 3.05) is 27.3 Å². The van der Waals surface area contributed by atoms with E-state index in [1.807, 2.05) is 82.9 Å². The number of ether oxygens (including phenoxy) is 1. The fourth-order valence-electron chi connectivity index (χ4n) is 8.48. The average Bonchev–Trinajstić information content (AvgIpc) is 4.17. The molecule has 14 nitrogen and oxygen atoms in total. The van der Waals surface area contributed by atoms with Gasteiger partial charge in [0.25, 0.3) is 0 Å². The summed E-state index contributed by atoms with van der Waals surface area (Å²) in [6.07, 6.45) is 7.99. The number of aromatic amines is 2. The van der Waals surface area contributed by atoms with E-state index in [0.29, 0.717) is 13.1 Å². The second-order valence-electron chi connectivity index (χ2n) is 15.5. The molecule has 2 aromatic heterocycles. The number of rotatable bonds is 15. The highest BCUT2D eigenvalue weighted by atomic mass is 17.2. The SMILES string of the molecule is COO/C=N\[C@@H](CC(=O)N1CCC[C@H]1c1ncc(-c2ccc(-c3ccc(-c4cnc([C@@H]5CCCN5C(=O)C[C@H](NC(=O)OC)c5ccccc5)[nH]4)cc3)cc2)[nH]1)c1ccccc1. The van der Waals surface area contributed by atoms with Crippen molar-refractivity contribution < 1.29 is 28.9 Å². The topological polar surface area (TPSA) is 167 Å². The summed E-state index contributed by atoms with van der Waals surface area (Å²) in [7, 11) is 2.72. The van der Waals surface area contributed by atoms with Crippen LogP contribution in [0, 0.1) is 0 Å². The van der Waals surface area contributed by atoms with Gasteiger partial charge in [-0.1, -0.05) is 109 Å². The molecule has 62 heavy (non-hydrogen) atoms. The Balaban J connectivity index is 0.893. The molecule has 0 bridgehead atoms. The third-order valence-corrected chi connectivity index (χ3v) is 11.7. The second kappa shape index (κ2) is 19.5. The Morgan fingerprint density at radius 3 is 1.68 bits per heavy atom. The standard InChI is InChI=1S/C48H50N8O6/c1-60-48(59)54-39(35-13-7-4-8-14-35)28-45(58)56-26-10-16-43(56)47-50-30-41(53-47)37-23-19-33(20-24-37)32-17-21-36(22-18-32)40-29-49-46(52-40)42-15-9-25-55(42)44(57)27-38(51-31-62-61-2)34-11-5-3-6-12-34/h3-8,11-14,17-24,29-31,38-39,42-43H,9-10,15-16,25-28H2,1-2H3,(H,49,52)(H,50,53)(H,54,59)/b51-31-/t38-,39-,42-,43-/m0/s1. The minimum absolute atomic E-state index is 0.00469. The fraction of sp³-hybridized carbons (Fsp3) is 0.292. The van der Waals surface area contributed by atoms with Crippen molar-refractivity contribution in [3.05, 3.63) is 144 Å². The van der Waals surface area contributed by atoms with Crippen molar-refractivity contribution in [1.29, 1.82) is 0 Å². The lowest BCUT2D eigenvalue weighted by Crippen LogP contribution is -2.36. The van der Waals surface area contributed by atoms with Crippen LogP contribution in [0.4, 0.5) is 4.79 Å². The van der Waals surface area contributed by atoms with Crippen LogP contribution in [0.1, 0.15) is 85.5 Å². The monoisotopic (exact) mass is 834 g/mol. The highest BCUT2D eigenvalue weighted by Gasteiger charge is 2.35. The maximum absolute atomic E-state index is 13.7. The Morgan fingerprint density at radius 2 is 1.18 bits per heavy atom. The number of H-pyrrole nitrogens is 2. The van der Waals surface area contributed by atoms with Gasteiger partial charge in [0.1, 0.15) is 11.6 Å². The summed E-state index contributed by atoms with van der Waals surface area (Å²) in [5.74, 6) is 1.46. The predicted molar refractivity (Wildman–Crippen MR) is 234 cm³/mol. The van der Waals surface area contributed by atoms with Crippen LogP contribution in [-0.2, 0) is 24.1 Å². The summed E-state index contributed by atoms with van der Waals surface area (Å²) in [6.45, 7) is 1.27. The van der Waals surface area contributed by atoms with Crippen molar-refractivity contribution in [1.82, 2.24) is 35.1 Å². The van der Waals surface area contributed by atoms with E-state index in [4.69, 9.17) is 19.6 Å². The number of benzene rings is 4. The Hall–Kier alpha value is -7.06. The van der Waals surface area contributed by atoms with Crippen LogP contribution in [0.2, 0.25) is 0 Å². The van der Waals surface area contributed by atoms with Gasteiger partial charge < -0.3 is 34.7 Å². The summed E-state index contributed by atoms with van der Waals surface area (Å²) in [6, 6.07) is 34.6. The van der Waals surface area contributed by atoms with Crippen LogP contribution in [0.3, 0.4) is 0 Å². The number of alkyl carbamates (subject to hydrolysis) is 1. The largest absolute Gasteiger partial charge is 0.453 e. The third kappa shape index (κ3) is 9.60. The highest BCUT2D eigenvalue weighted by Crippen LogP contribution is 2.36. The number of imidazole rings is 2. The first-order chi connectivity index (χ1) is 30.4. The van der Waals surface area contributed by atoms with Crippen LogP contribution in [0.15, 0.2) is 127 Å². The van der Waals surface area contributed by atoms with Crippen molar-refractivity contribution in [3.63, 3.8) is 0 Å². The number of aromatic nitrogens is 4. The lowest BCUT2D eigenvalue weighted by atomic mass is 10.0. The molecule has 2 aliphatic rings. The number of aliphatic imine (C=N–C) groups is 1. The number of hydrogen-bond donors (Lipinski definition) is 3. The number of methoxy groups -OCH3 is 1. The quantitative estimate of drug-likeness (QED) is 0.0400. The first kappa shape index (κ1) is 41.7. The summed E-state index contributed by atoms with van der Waals surface area (Å²) in [4.78, 5) is 73.7. The molecule has 2 fully saturated rings. The van der Waals surface area contributed by atoms with Gasteiger partial charge in [0.05, 0.1) is 75.0 Å². The molecule has 8 rings (SSSR count). The molecule has 318 valence electrons. The summed E-state index contributed by atoms with van der Waals surface area (Å²) in [5.41, 5.74) is 7.63. The number of hydrogen-bond acceptors (Lipinski definition) is 9. The first-order valence-electron chi connectivity index (χ1n) is 20.9. The summed E-state index contributed by atoms with van der Waals surface area (Å²) >= 11 is 0. The van der Waals surface area contributed by atoms with E-state index >= 15 is 0 Å². The minimum Gasteiger partial charge on any atom is -0.453 e. The molecule has 2 saturated heterocycles. The smallest absolute Gasteiger partial charge is 0.407 e. The molecular formula is C48H50N8O6. The van der Waals surface area contributed by atoms with Gasteiger partial charge >= 0.3 is 6.09 Å². The number of carbonyl (C=O) groups excluding carboxylic acids is 3. The van der Waals surface area contributed by atoms with Gasteiger partial charge in [0, 0.05) is 13.1 Å². The molecule has 0 unspecified atom stereocenters. The summed E-state index contributed by atoms with van der Waals surface area (Å²) in [5, 5.41) is 2.82. The number of nitrogens with zero attached hydrogens (tertiary/aromatic N) is 5. The van der Waals surface area contributed by atoms with E-state index in [-0.39, 0.29) is 36.7 Å². The van der Waals surface area contributed by atoms with Crippen molar-refractivity contribution in [3.8, 4) is 33.6 Å². The number of amides is 3. The van der Waals surface area contributed by atoms with Gasteiger partial charge in [0.15, 0.2) is 0 Å². The van der Waals surface area contributed by atoms with Gasteiger partial charge in [-0.25, -0.2) is 19.8 Å². The van der Waals surface area contributed by atoms with Crippen molar-refractivity contribution in [2.45, 2.75) is 62.7 Å². The molecule has 0 aliphatic carbocycles. The fourth-order valence-corrected chi connectivity index (χ4v) is 8.48. The normalized spacial score (nSPS) is 17.3. The van der Waals surface area contributed by atoms with Crippen molar-refractivity contribution in [2.24, 2.45) is 4.99 Å². The average molecular weight is 835 g/mol. The van der Waals surface area contributed by atoms with Crippen LogP contribution in [-0.4, -0.2) is 81.4 Å². The molecule has 4 aromatic carbocycles. The number of likely N-dealkylation sites (tertiary alicyclic amines) is 2. The molecule has 6 aromatic rings. The van der Waals surface area contributed by atoms with Gasteiger partial charge in [-0.2, -0.15) is 4.89 Å². The molecule has 0 spiro atoms. The Morgan fingerprint density at radius 1 is 0.694 bits per heavy atom. The van der Waals surface area contributed by atoms with Crippen LogP contribution in [0.25, 0.3) is 33.6 Å². The van der Waals surface area contributed by atoms with Crippen LogP contribution in [0.5, 0.6) is 0 Å². The molecule has 3 N–H and O–H groups in total. The Bertz CT molecular complexity index is 2450. The van der Waals surface area contributed by atoms with E-state index in [1.165, 1.54) is 20.6 Å². The zero-order valence-corrected chi connectivity index (χ0v) is 34.8. The molecule has 3 amide bonds. The third-order valence-electron chi connectivity index (χ3n) is 11.7. The van der Waals surface area contributed by atoms with Crippen LogP contribution >= 0.6 is 0 Å². The van der Waals surface area contributed by atoms with Crippen LogP contribution < -0.4 is 5.32 Å². The van der Waals surface area contributed by atoms with Gasteiger partial charge in [0.2, 0.25) is 18.2 Å². The van der Waals surface area contributed by atoms with Gasteiger partial charge in [-0.15, -0.1) is 0 Å².